The van der Waals surface area contributed by atoms with Crippen molar-refractivity contribution in [3.63, 3.8) is 0 Å². The summed E-state index contributed by atoms with van der Waals surface area (Å²) in [7, 11) is 0. The molecule has 22 heavy (non-hydrogen) atoms. The van der Waals surface area contributed by atoms with Gasteiger partial charge in [0.25, 0.3) is 0 Å². The fourth-order valence-corrected chi connectivity index (χ4v) is 2.53. The molecule has 5 heteroatoms. The van der Waals surface area contributed by atoms with Crippen LogP contribution in [0.3, 0.4) is 0 Å². The molecule has 0 saturated heterocycles. The second-order valence-corrected chi connectivity index (χ2v) is 5.05. The molecule has 0 saturated carbocycles. The third-order valence-electron chi connectivity index (χ3n) is 3.59. The van der Waals surface area contributed by atoms with E-state index in [9.17, 15) is 14.3 Å². The topological polar surface area (TPSA) is 76.2 Å². The number of carboxylic acid groups (broad SMARTS) is 1. The predicted molar refractivity (Wildman–Crippen MR) is 83.2 cm³/mol. The minimum atomic E-state index is -1.10. The lowest BCUT2D eigenvalue weighted by molar-refractivity contribution is 0.0698. The van der Waals surface area contributed by atoms with Gasteiger partial charge in [-0.05, 0) is 42.8 Å². The summed E-state index contributed by atoms with van der Waals surface area (Å²) < 4.78 is 13.4. The van der Waals surface area contributed by atoms with Gasteiger partial charge in [-0.3, -0.25) is 0 Å². The molecule has 2 aromatic carbocycles. The maximum atomic E-state index is 13.4. The van der Waals surface area contributed by atoms with Gasteiger partial charge in [-0.2, -0.15) is 0 Å². The Morgan fingerprint density at radius 3 is 2.50 bits per heavy atom. The van der Waals surface area contributed by atoms with Gasteiger partial charge in [0.15, 0.2) is 0 Å². The average Bonchev–Trinajstić information content (AvgIpc) is 2.47. The number of hydrogen-bond acceptors (Lipinski definition) is 3. The van der Waals surface area contributed by atoms with Crippen molar-refractivity contribution >= 4 is 22.6 Å². The summed E-state index contributed by atoms with van der Waals surface area (Å²) in [6, 6.07) is 11.0. The van der Waals surface area contributed by atoms with Gasteiger partial charge < -0.3 is 10.8 Å². The summed E-state index contributed by atoms with van der Waals surface area (Å²) >= 11 is 0. The van der Waals surface area contributed by atoms with Crippen LogP contribution in [0.4, 0.5) is 10.1 Å². The summed E-state index contributed by atoms with van der Waals surface area (Å²) in [4.78, 5) is 16.1. The van der Waals surface area contributed by atoms with Crippen LogP contribution in [0.25, 0.3) is 22.2 Å². The van der Waals surface area contributed by atoms with E-state index in [0.717, 1.165) is 5.56 Å². The lowest BCUT2D eigenvalue weighted by Gasteiger charge is -2.12. The summed E-state index contributed by atoms with van der Waals surface area (Å²) in [5.74, 6) is -1.59. The first-order valence-corrected chi connectivity index (χ1v) is 6.66. The van der Waals surface area contributed by atoms with E-state index >= 15 is 0 Å². The maximum Gasteiger partial charge on any atom is 0.336 e. The molecule has 3 rings (SSSR count). The van der Waals surface area contributed by atoms with E-state index in [1.54, 1.807) is 31.2 Å². The normalized spacial score (nSPS) is 10.8. The van der Waals surface area contributed by atoms with Crippen molar-refractivity contribution in [3.05, 3.63) is 59.4 Å². The highest BCUT2D eigenvalue weighted by atomic mass is 19.1. The van der Waals surface area contributed by atoms with Crippen molar-refractivity contribution in [2.45, 2.75) is 6.92 Å². The first kappa shape index (κ1) is 14.0. The van der Waals surface area contributed by atoms with E-state index in [0.29, 0.717) is 27.8 Å². The van der Waals surface area contributed by atoms with Gasteiger partial charge in [0.05, 0.1) is 16.8 Å². The first-order valence-electron chi connectivity index (χ1n) is 6.66. The van der Waals surface area contributed by atoms with Crippen LogP contribution in [0.1, 0.15) is 15.9 Å². The van der Waals surface area contributed by atoms with Gasteiger partial charge in [-0.15, -0.1) is 0 Å². The number of benzene rings is 2. The Balaban J connectivity index is 2.37. The second kappa shape index (κ2) is 5.11. The van der Waals surface area contributed by atoms with Crippen molar-refractivity contribution in [1.82, 2.24) is 4.98 Å². The van der Waals surface area contributed by atoms with Gasteiger partial charge in [-0.1, -0.05) is 12.1 Å². The number of fused-ring (bicyclic) bond motifs is 1. The Bertz CT molecular complexity index is 889. The van der Waals surface area contributed by atoms with E-state index in [-0.39, 0.29) is 5.56 Å². The van der Waals surface area contributed by atoms with Crippen LogP contribution in [0.15, 0.2) is 42.5 Å². The molecule has 1 heterocycles. The van der Waals surface area contributed by atoms with E-state index in [4.69, 9.17) is 5.73 Å². The number of carboxylic acids is 1. The largest absolute Gasteiger partial charge is 0.478 e. The number of aromatic nitrogens is 1. The monoisotopic (exact) mass is 296 g/mol. The molecule has 0 fully saturated rings. The zero-order valence-corrected chi connectivity index (χ0v) is 11.8. The number of carbonyl (C=O) groups is 1. The number of nitrogens with zero attached hydrogens (tertiary/aromatic N) is 1. The molecule has 0 unspecified atom stereocenters. The quantitative estimate of drug-likeness (QED) is 0.708. The third kappa shape index (κ3) is 2.26. The lowest BCUT2D eigenvalue weighted by Crippen LogP contribution is -2.05. The highest BCUT2D eigenvalue weighted by Gasteiger charge is 2.18. The van der Waals surface area contributed by atoms with E-state index < -0.39 is 11.8 Å². The Labute approximate surface area is 126 Å². The van der Waals surface area contributed by atoms with E-state index in [2.05, 4.69) is 4.98 Å². The summed E-state index contributed by atoms with van der Waals surface area (Å²) in [6.07, 6.45) is 0. The molecule has 0 aliphatic carbocycles. The number of nitrogen functional groups attached to an aromatic ring is 1. The number of hydrogen-bond donors (Lipinski definition) is 2. The molecule has 0 amide bonds. The Morgan fingerprint density at radius 2 is 1.86 bits per heavy atom. The van der Waals surface area contributed by atoms with Gasteiger partial charge in [-0.25, -0.2) is 14.2 Å². The van der Waals surface area contributed by atoms with Crippen LogP contribution >= 0.6 is 0 Å². The molecule has 4 nitrogen and oxygen atoms in total. The molecule has 110 valence electrons. The first-order chi connectivity index (χ1) is 10.5. The van der Waals surface area contributed by atoms with Gasteiger partial charge in [0.1, 0.15) is 5.82 Å². The van der Waals surface area contributed by atoms with E-state index in [1.165, 1.54) is 18.2 Å². The third-order valence-corrected chi connectivity index (χ3v) is 3.59. The minimum absolute atomic E-state index is 0.0660. The summed E-state index contributed by atoms with van der Waals surface area (Å²) in [6.45, 7) is 1.67. The Kier molecular flexibility index (Phi) is 3.25. The molecule has 0 radical (unpaired) electrons. The summed E-state index contributed by atoms with van der Waals surface area (Å²) in [5.41, 5.74) is 8.60. The fraction of sp³-hybridized carbons (Fsp3) is 0.0588. The van der Waals surface area contributed by atoms with E-state index in [1.807, 2.05) is 0 Å². The van der Waals surface area contributed by atoms with Crippen molar-refractivity contribution in [3.8, 4) is 11.3 Å². The smallest absolute Gasteiger partial charge is 0.336 e. The number of halogens is 1. The number of rotatable bonds is 2. The van der Waals surface area contributed by atoms with Crippen molar-refractivity contribution in [1.29, 1.82) is 0 Å². The molecule has 0 spiro atoms. The molecule has 0 aliphatic heterocycles. The standard InChI is InChI=1S/C17H13FN2O2/c1-9-15(17(21)22)13-8-11(18)4-7-14(13)20-16(9)10-2-5-12(19)6-3-10/h2-8H,19H2,1H3,(H,21,22). The Hall–Kier alpha value is -2.95. The Morgan fingerprint density at radius 1 is 1.18 bits per heavy atom. The van der Waals surface area contributed by atoms with Crippen molar-refractivity contribution in [2.24, 2.45) is 0 Å². The van der Waals surface area contributed by atoms with Crippen LogP contribution in [0.5, 0.6) is 0 Å². The van der Waals surface area contributed by atoms with Gasteiger partial charge >= 0.3 is 5.97 Å². The second-order valence-electron chi connectivity index (χ2n) is 5.05. The molecule has 0 aliphatic rings. The lowest BCUT2D eigenvalue weighted by atomic mass is 9.97. The molecule has 1 aromatic heterocycles. The van der Waals surface area contributed by atoms with Crippen LogP contribution < -0.4 is 5.73 Å². The molecule has 0 atom stereocenters. The van der Waals surface area contributed by atoms with Crippen LogP contribution in [0, 0.1) is 12.7 Å². The molecule has 3 N–H and O–H groups in total. The molecule has 0 bridgehead atoms. The van der Waals surface area contributed by atoms with Crippen LogP contribution in [-0.4, -0.2) is 16.1 Å². The number of pyridine rings is 1. The number of anilines is 1. The van der Waals surface area contributed by atoms with Gasteiger partial charge in [0, 0.05) is 16.6 Å². The zero-order valence-electron chi connectivity index (χ0n) is 11.8. The highest BCUT2D eigenvalue weighted by molar-refractivity contribution is 6.05. The summed E-state index contributed by atoms with van der Waals surface area (Å²) in [5, 5.41) is 9.80. The zero-order chi connectivity index (χ0) is 15.9. The number of nitrogens with two attached hydrogens (primary N) is 1. The molecule has 3 aromatic rings. The van der Waals surface area contributed by atoms with Crippen LogP contribution in [0.2, 0.25) is 0 Å². The number of aromatic carboxylic acids is 1. The van der Waals surface area contributed by atoms with Crippen molar-refractivity contribution in [2.75, 3.05) is 5.73 Å². The maximum absolute atomic E-state index is 13.4. The highest BCUT2D eigenvalue weighted by Crippen LogP contribution is 2.30. The molecular weight excluding hydrogens is 283 g/mol. The van der Waals surface area contributed by atoms with Crippen molar-refractivity contribution < 1.29 is 14.3 Å². The SMILES string of the molecule is Cc1c(-c2ccc(N)cc2)nc2ccc(F)cc2c1C(=O)O. The minimum Gasteiger partial charge on any atom is -0.478 e. The molecular formula is C17H13FN2O2. The van der Waals surface area contributed by atoms with Crippen LogP contribution in [-0.2, 0) is 0 Å². The predicted octanol–water partition coefficient (Wildman–Crippen LogP) is 3.63. The average molecular weight is 296 g/mol. The fourth-order valence-electron chi connectivity index (χ4n) is 2.53. The van der Waals surface area contributed by atoms with Gasteiger partial charge in [0.2, 0.25) is 0 Å².